The Hall–Kier alpha value is -2.37. The number of ether oxygens (including phenoxy) is 2. The summed E-state index contributed by atoms with van der Waals surface area (Å²) < 4.78 is 11.3. The summed E-state index contributed by atoms with van der Waals surface area (Å²) in [6.45, 7) is 3.70. The minimum absolute atomic E-state index is 0.182. The molecule has 0 aromatic heterocycles. The van der Waals surface area contributed by atoms with Gasteiger partial charge in [0.05, 0.1) is 25.4 Å². The highest BCUT2D eigenvalue weighted by Gasteiger charge is 2.44. The molecule has 80 heavy (non-hydrogen) atoms. The lowest BCUT2D eigenvalue weighted by Crippen LogP contribution is -2.60. The van der Waals surface area contributed by atoms with Gasteiger partial charge in [-0.25, -0.2) is 0 Å². The molecule has 1 amide bonds. The SMILES string of the molecule is CC/C=C\C/C=C\C/C=C\C/C=C\C/C=C\CCCCCCCCCCCC(=O)NC(COC1OC(CO)C(O)C(O)C1O)C(O)/C=C/CCCCCCCCCCCCCCCCCCCCCCCCCCCCCCCC. The van der Waals surface area contributed by atoms with Gasteiger partial charge in [0.25, 0.3) is 0 Å². The van der Waals surface area contributed by atoms with E-state index in [2.05, 4.69) is 79.9 Å². The van der Waals surface area contributed by atoms with Crippen molar-refractivity contribution in [1.29, 1.82) is 0 Å². The first kappa shape index (κ1) is 75.6. The molecule has 1 aliphatic heterocycles. The first-order valence-corrected chi connectivity index (χ1v) is 34.2. The Morgan fingerprint density at radius 1 is 0.438 bits per heavy atom. The maximum Gasteiger partial charge on any atom is 0.220 e. The molecule has 0 aromatic carbocycles. The molecule has 0 aliphatic carbocycles. The van der Waals surface area contributed by atoms with E-state index in [0.717, 1.165) is 83.5 Å². The van der Waals surface area contributed by atoms with Crippen molar-refractivity contribution >= 4 is 5.91 Å². The highest BCUT2D eigenvalue weighted by molar-refractivity contribution is 5.76. The van der Waals surface area contributed by atoms with Gasteiger partial charge in [-0.15, -0.1) is 0 Å². The van der Waals surface area contributed by atoms with E-state index < -0.39 is 49.5 Å². The number of hydrogen-bond acceptors (Lipinski definition) is 8. The Labute approximate surface area is 493 Å². The molecule has 0 bridgehead atoms. The molecule has 9 heteroatoms. The van der Waals surface area contributed by atoms with Gasteiger partial charge in [-0.05, 0) is 64.2 Å². The maximum atomic E-state index is 13.1. The predicted molar refractivity (Wildman–Crippen MR) is 341 cm³/mol. The second kappa shape index (κ2) is 59.8. The largest absolute Gasteiger partial charge is 0.394 e. The summed E-state index contributed by atoms with van der Waals surface area (Å²) in [6, 6.07) is -0.814. The minimum Gasteiger partial charge on any atom is -0.394 e. The van der Waals surface area contributed by atoms with Gasteiger partial charge in [0.2, 0.25) is 5.91 Å². The summed E-state index contributed by atoms with van der Waals surface area (Å²) in [5, 5.41) is 54.7. The fraction of sp³-hybridized carbons (Fsp3) is 0.817. The standard InChI is InChI=1S/C71H129NO8/c1-3-5-7-9-11-13-15-17-19-21-23-25-27-29-30-31-32-33-34-35-37-38-40-42-44-46-48-50-52-54-56-58-60-65(74)64(63-79-71-70(78)69(77)68(76)66(62-73)80-71)72-67(75)61-59-57-55-53-51-49-47-45-43-41-39-36-28-26-24-22-20-18-16-14-12-10-8-6-4-2/h6,8,12,14,18,20,24,26,36,39,58,60,64-66,68-71,73-74,76-78H,3-5,7,9-11,13,15-17,19,21-23,25,27-35,37-38,40-57,59,61-63H2,1-2H3,(H,72,75)/b8-6-,14-12-,20-18-,26-24-,39-36-,60-58+. The molecule has 0 aromatic rings. The van der Waals surface area contributed by atoms with E-state index >= 15 is 0 Å². The van der Waals surface area contributed by atoms with E-state index in [-0.39, 0.29) is 12.5 Å². The molecule has 9 nitrogen and oxygen atoms in total. The lowest BCUT2D eigenvalue weighted by molar-refractivity contribution is -0.302. The highest BCUT2D eigenvalue weighted by atomic mass is 16.7. The van der Waals surface area contributed by atoms with Crippen LogP contribution < -0.4 is 5.32 Å². The average Bonchev–Trinajstić information content (AvgIpc) is 3.46. The first-order valence-electron chi connectivity index (χ1n) is 34.2. The van der Waals surface area contributed by atoms with Crippen LogP contribution >= 0.6 is 0 Å². The van der Waals surface area contributed by atoms with Gasteiger partial charge in [-0.1, -0.05) is 318 Å². The van der Waals surface area contributed by atoms with E-state index in [1.165, 1.54) is 212 Å². The van der Waals surface area contributed by atoms with Crippen molar-refractivity contribution in [1.82, 2.24) is 5.32 Å². The molecular formula is C71H129NO8. The van der Waals surface area contributed by atoms with Gasteiger partial charge in [-0.3, -0.25) is 4.79 Å². The van der Waals surface area contributed by atoms with Crippen LogP contribution in [0.1, 0.15) is 316 Å². The summed E-state index contributed by atoms with van der Waals surface area (Å²) in [6.07, 6.45) is 77.1. The number of allylic oxidation sites excluding steroid dienone is 11. The number of amides is 1. The van der Waals surface area contributed by atoms with Crippen molar-refractivity contribution in [3.05, 3.63) is 72.9 Å². The van der Waals surface area contributed by atoms with Crippen LogP contribution in [-0.4, -0.2) is 87.5 Å². The number of rotatable bonds is 59. The zero-order chi connectivity index (χ0) is 57.9. The van der Waals surface area contributed by atoms with Gasteiger partial charge >= 0.3 is 0 Å². The van der Waals surface area contributed by atoms with Crippen LogP contribution in [0.3, 0.4) is 0 Å². The average molecular weight is 1120 g/mol. The molecule has 7 unspecified atom stereocenters. The molecular weight excluding hydrogens is 995 g/mol. The summed E-state index contributed by atoms with van der Waals surface area (Å²) in [5.41, 5.74) is 0. The van der Waals surface area contributed by atoms with Crippen molar-refractivity contribution in [2.24, 2.45) is 0 Å². The topological polar surface area (TPSA) is 149 Å². The smallest absolute Gasteiger partial charge is 0.220 e. The molecule has 0 radical (unpaired) electrons. The van der Waals surface area contributed by atoms with Crippen LogP contribution in [0.15, 0.2) is 72.9 Å². The predicted octanol–water partition coefficient (Wildman–Crippen LogP) is 18.4. The molecule has 1 rings (SSSR count). The Balaban J connectivity index is 2.15. The van der Waals surface area contributed by atoms with E-state index in [4.69, 9.17) is 9.47 Å². The Morgan fingerprint density at radius 2 is 0.775 bits per heavy atom. The zero-order valence-corrected chi connectivity index (χ0v) is 52.1. The van der Waals surface area contributed by atoms with Crippen molar-refractivity contribution < 1.29 is 39.8 Å². The van der Waals surface area contributed by atoms with Crippen LogP contribution in [0.4, 0.5) is 0 Å². The molecule has 466 valence electrons. The lowest BCUT2D eigenvalue weighted by Gasteiger charge is -2.40. The zero-order valence-electron chi connectivity index (χ0n) is 52.1. The Bertz CT molecular complexity index is 1490. The molecule has 1 aliphatic rings. The van der Waals surface area contributed by atoms with Crippen LogP contribution in [0.25, 0.3) is 0 Å². The minimum atomic E-state index is -1.57. The van der Waals surface area contributed by atoms with E-state index in [1.807, 2.05) is 6.08 Å². The van der Waals surface area contributed by atoms with E-state index in [0.29, 0.717) is 6.42 Å². The lowest BCUT2D eigenvalue weighted by atomic mass is 9.99. The molecule has 0 spiro atoms. The Kier molecular flexibility index (Phi) is 56.5. The second-order valence-corrected chi connectivity index (χ2v) is 23.6. The number of nitrogens with one attached hydrogen (secondary N) is 1. The fourth-order valence-electron chi connectivity index (χ4n) is 10.7. The Morgan fingerprint density at radius 3 is 1.15 bits per heavy atom. The van der Waals surface area contributed by atoms with Crippen LogP contribution in [-0.2, 0) is 14.3 Å². The van der Waals surface area contributed by atoms with Gasteiger partial charge in [-0.2, -0.15) is 0 Å². The summed E-state index contributed by atoms with van der Waals surface area (Å²) >= 11 is 0. The summed E-state index contributed by atoms with van der Waals surface area (Å²) in [7, 11) is 0. The third-order valence-corrected chi connectivity index (χ3v) is 16.0. The molecule has 7 atom stereocenters. The third kappa shape index (κ3) is 48.0. The number of hydrogen-bond donors (Lipinski definition) is 6. The van der Waals surface area contributed by atoms with Gasteiger partial charge in [0.15, 0.2) is 6.29 Å². The van der Waals surface area contributed by atoms with Crippen molar-refractivity contribution in [3.63, 3.8) is 0 Å². The van der Waals surface area contributed by atoms with Gasteiger partial charge < -0.3 is 40.3 Å². The molecule has 6 N–H and O–H groups in total. The maximum absolute atomic E-state index is 13.1. The number of aliphatic hydroxyl groups excluding tert-OH is 5. The van der Waals surface area contributed by atoms with Crippen LogP contribution in [0.5, 0.6) is 0 Å². The van der Waals surface area contributed by atoms with Crippen molar-refractivity contribution in [2.75, 3.05) is 13.2 Å². The molecule has 0 saturated carbocycles. The molecule has 1 saturated heterocycles. The van der Waals surface area contributed by atoms with E-state index in [1.54, 1.807) is 6.08 Å². The summed E-state index contributed by atoms with van der Waals surface area (Å²) in [5.74, 6) is -0.182. The number of unbranched alkanes of at least 4 members (excludes halogenated alkanes) is 39. The number of carbonyl (C=O) groups is 1. The molecule has 1 heterocycles. The van der Waals surface area contributed by atoms with Crippen molar-refractivity contribution in [2.45, 2.75) is 358 Å². The van der Waals surface area contributed by atoms with Gasteiger partial charge in [0, 0.05) is 6.42 Å². The molecule has 1 fully saturated rings. The van der Waals surface area contributed by atoms with Crippen LogP contribution in [0.2, 0.25) is 0 Å². The first-order chi connectivity index (χ1) is 39.3. The second-order valence-electron chi connectivity index (χ2n) is 23.6. The van der Waals surface area contributed by atoms with Gasteiger partial charge in [0.1, 0.15) is 24.4 Å². The highest BCUT2D eigenvalue weighted by Crippen LogP contribution is 2.23. The van der Waals surface area contributed by atoms with E-state index in [9.17, 15) is 30.3 Å². The number of aliphatic hydroxyl groups is 5. The van der Waals surface area contributed by atoms with Crippen LogP contribution in [0, 0.1) is 0 Å². The quantitative estimate of drug-likeness (QED) is 0.0261. The monoisotopic (exact) mass is 1120 g/mol. The summed E-state index contributed by atoms with van der Waals surface area (Å²) in [4.78, 5) is 13.1. The van der Waals surface area contributed by atoms with Crippen molar-refractivity contribution in [3.8, 4) is 0 Å². The third-order valence-electron chi connectivity index (χ3n) is 16.0. The normalized spacial score (nSPS) is 18.9. The fourth-order valence-corrected chi connectivity index (χ4v) is 10.7. The number of carbonyl (C=O) groups excluding carboxylic acids is 1.